The van der Waals surface area contributed by atoms with Crippen molar-refractivity contribution >= 4 is 12.0 Å². The maximum Gasteiger partial charge on any atom is 0.330 e. The molecule has 0 heterocycles. The standard InChI is InChI=1S/C15H20O3/c1-6-18-15(16)8-7-13-10(2)9-14(17-5)12(4)11(13)3/h7-9H,6H2,1-5H3. The van der Waals surface area contributed by atoms with Crippen LogP contribution < -0.4 is 4.74 Å². The first-order chi connectivity index (χ1) is 8.51. The first kappa shape index (κ1) is 14.3. The van der Waals surface area contributed by atoms with Gasteiger partial charge in [-0.1, -0.05) is 0 Å². The molecule has 98 valence electrons. The molecule has 18 heavy (non-hydrogen) atoms. The molecule has 3 nitrogen and oxygen atoms in total. The van der Waals surface area contributed by atoms with Crippen LogP contribution in [0.5, 0.6) is 5.75 Å². The van der Waals surface area contributed by atoms with Gasteiger partial charge in [-0.15, -0.1) is 0 Å². The quantitative estimate of drug-likeness (QED) is 0.606. The molecule has 0 radical (unpaired) electrons. The second-order valence-electron chi connectivity index (χ2n) is 4.14. The SMILES string of the molecule is CCOC(=O)C=Cc1c(C)cc(OC)c(C)c1C. The summed E-state index contributed by atoms with van der Waals surface area (Å²) in [7, 11) is 1.66. The third-order valence-corrected chi connectivity index (χ3v) is 3.00. The Morgan fingerprint density at radius 1 is 1.28 bits per heavy atom. The summed E-state index contributed by atoms with van der Waals surface area (Å²) in [5.74, 6) is 0.558. The van der Waals surface area contributed by atoms with E-state index in [1.54, 1.807) is 20.1 Å². The fourth-order valence-electron chi connectivity index (χ4n) is 1.88. The van der Waals surface area contributed by atoms with Crippen LogP contribution >= 0.6 is 0 Å². The molecule has 3 heteroatoms. The van der Waals surface area contributed by atoms with Crippen LogP contribution in [0.3, 0.4) is 0 Å². The van der Waals surface area contributed by atoms with E-state index in [4.69, 9.17) is 9.47 Å². The summed E-state index contributed by atoms with van der Waals surface area (Å²) in [6, 6.07) is 1.98. The van der Waals surface area contributed by atoms with Crippen molar-refractivity contribution in [3.05, 3.63) is 34.4 Å². The van der Waals surface area contributed by atoms with Gasteiger partial charge in [0.1, 0.15) is 5.75 Å². The van der Waals surface area contributed by atoms with Crippen LogP contribution in [-0.4, -0.2) is 19.7 Å². The minimum Gasteiger partial charge on any atom is -0.496 e. The van der Waals surface area contributed by atoms with E-state index in [0.717, 1.165) is 28.0 Å². The van der Waals surface area contributed by atoms with Crippen molar-refractivity contribution < 1.29 is 14.3 Å². The first-order valence-corrected chi connectivity index (χ1v) is 6.00. The van der Waals surface area contributed by atoms with Gasteiger partial charge in [0, 0.05) is 6.08 Å². The summed E-state index contributed by atoms with van der Waals surface area (Å²) in [5.41, 5.74) is 4.33. The predicted molar refractivity (Wildman–Crippen MR) is 72.9 cm³/mol. The number of aryl methyl sites for hydroxylation is 1. The van der Waals surface area contributed by atoms with Crippen LogP contribution in [0.15, 0.2) is 12.1 Å². The van der Waals surface area contributed by atoms with Crippen molar-refractivity contribution in [3.63, 3.8) is 0 Å². The molecule has 1 aromatic carbocycles. The number of hydrogen-bond acceptors (Lipinski definition) is 3. The monoisotopic (exact) mass is 248 g/mol. The lowest BCUT2D eigenvalue weighted by Gasteiger charge is -2.13. The molecular weight excluding hydrogens is 228 g/mol. The summed E-state index contributed by atoms with van der Waals surface area (Å²) in [5, 5.41) is 0. The molecule has 1 aromatic rings. The van der Waals surface area contributed by atoms with Gasteiger partial charge in [0.05, 0.1) is 13.7 Å². The maximum atomic E-state index is 11.3. The van der Waals surface area contributed by atoms with Gasteiger partial charge in [0.2, 0.25) is 0 Å². The summed E-state index contributed by atoms with van der Waals surface area (Å²) >= 11 is 0. The lowest BCUT2D eigenvalue weighted by Crippen LogP contribution is -2.00. The molecule has 0 aliphatic heterocycles. The summed E-state index contributed by atoms with van der Waals surface area (Å²) in [6.45, 7) is 8.22. The van der Waals surface area contributed by atoms with Crippen LogP contribution in [0, 0.1) is 20.8 Å². The Balaban J connectivity index is 3.10. The second-order valence-corrected chi connectivity index (χ2v) is 4.14. The Hall–Kier alpha value is -1.77. The van der Waals surface area contributed by atoms with Gasteiger partial charge in [-0.2, -0.15) is 0 Å². The van der Waals surface area contributed by atoms with Gasteiger partial charge in [-0.3, -0.25) is 0 Å². The average molecular weight is 248 g/mol. The Morgan fingerprint density at radius 3 is 2.50 bits per heavy atom. The van der Waals surface area contributed by atoms with E-state index in [1.165, 1.54) is 6.08 Å². The number of ether oxygens (including phenoxy) is 2. The zero-order chi connectivity index (χ0) is 13.7. The smallest absolute Gasteiger partial charge is 0.330 e. The molecule has 0 aliphatic carbocycles. The number of carbonyl (C=O) groups is 1. The van der Waals surface area contributed by atoms with E-state index in [0.29, 0.717) is 6.61 Å². The van der Waals surface area contributed by atoms with Crippen molar-refractivity contribution in [2.45, 2.75) is 27.7 Å². The highest BCUT2D eigenvalue weighted by Gasteiger charge is 2.08. The molecule has 0 unspecified atom stereocenters. The van der Waals surface area contributed by atoms with Crippen molar-refractivity contribution in [3.8, 4) is 5.75 Å². The molecule has 0 N–H and O–H groups in total. The third kappa shape index (κ3) is 3.13. The number of carbonyl (C=O) groups excluding carboxylic acids is 1. The van der Waals surface area contributed by atoms with Crippen molar-refractivity contribution in [1.82, 2.24) is 0 Å². The van der Waals surface area contributed by atoms with Gasteiger partial charge >= 0.3 is 5.97 Å². The predicted octanol–water partition coefficient (Wildman–Crippen LogP) is 3.20. The van der Waals surface area contributed by atoms with Crippen molar-refractivity contribution in [2.24, 2.45) is 0 Å². The zero-order valence-corrected chi connectivity index (χ0v) is 11.7. The molecule has 0 atom stereocenters. The van der Waals surface area contributed by atoms with Crippen LogP contribution in [-0.2, 0) is 9.53 Å². The van der Waals surface area contributed by atoms with E-state index in [9.17, 15) is 4.79 Å². The van der Waals surface area contributed by atoms with Gasteiger partial charge in [0.15, 0.2) is 0 Å². The van der Waals surface area contributed by atoms with Gasteiger partial charge < -0.3 is 9.47 Å². The van der Waals surface area contributed by atoms with Gasteiger partial charge in [0.25, 0.3) is 0 Å². The van der Waals surface area contributed by atoms with Crippen LogP contribution in [0.2, 0.25) is 0 Å². The molecule has 0 spiro atoms. The fraction of sp³-hybridized carbons (Fsp3) is 0.400. The minimum atomic E-state index is -0.315. The third-order valence-electron chi connectivity index (χ3n) is 3.00. The number of hydrogen-bond donors (Lipinski definition) is 0. The Kier molecular flexibility index (Phi) is 4.95. The fourth-order valence-corrected chi connectivity index (χ4v) is 1.88. The number of esters is 1. The molecule has 0 amide bonds. The highest BCUT2D eigenvalue weighted by Crippen LogP contribution is 2.28. The highest BCUT2D eigenvalue weighted by atomic mass is 16.5. The van der Waals surface area contributed by atoms with Gasteiger partial charge in [-0.05, 0) is 62.1 Å². The molecule has 0 fully saturated rings. The van der Waals surface area contributed by atoms with Crippen LogP contribution in [0.25, 0.3) is 6.08 Å². The molecule has 0 aliphatic rings. The first-order valence-electron chi connectivity index (χ1n) is 6.00. The zero-order valence-electron chi connectivity index (χ0n) is 11.7. The molecule has 0 saturated carbocycles. The van der Waals surface area contributed by atoms with E-state index >= 15 is 0 Å². The molecule has 0 saturated heterocycles. The second kappa shape index (κ2) is 6.24. The summed E-state index contributed by atoms with van der Waals surface area (Å²) in [6.07, 6.45) is 3.26. The largest absolute Gasteiger partial charge is 0.496 e. The highest BCUT2D eigenvalue weighted by molar-refractivity contribution is 5.87. The minimum absolute atomic E-state index is 0.315. The van der Waals surface area contributed by atoms with E-state index in [1.807, 2.05) is 26.8 Å². The van der Waals surface area contributed by atoms with E-state index < -0.39 is 0 Å². The van der Waals surface area contributed by atoms with Crippen molar-refractivity contribution in [2.75, 3.05) is 13.7 Å². The Morgan fingerprint density at radius 2 is 1.94 bits per heavy atom. The topological polar surface area (TPSA) is 35.5 Å². The normalized spacial score (nSPS) is 10.7. The maximum absolute atomic E-state index is 11.3. The molecule has 0 bridgehead atoms. The van der Waals surface area contributed by atoms with Crippen LogP contribution in [0.1, 0.15) is 29.2 Å². The van der Waals surface area contributed by atoms with Crippen molar-refractivity contribution in [1.29, 1.82) is 0 Å². The molecular formula is C15H20O3. The number of methoxy groups -OCH3 is 1. The number of rotatable bonds is 4. The lowest BCUT2D eigenvalue weighted by molar-refractivity contribution is -0.137. The Bertz CT molecular complexity index is 473. The summed E-state index contributed by atoms with van der Waals surface area (Å²) in [4.78, 5) is 11.3. The van der Waals surface area contributed by atoms with Gasteiger partial charge in [-0.25, -0.2) is 4.79 Å². The average Bonchev–Trinajstić information content (AvgIpc) is 2.34. The number of benzene rings is 1. The summed E-state index contributed by atoms with van der Waals surface area (Å²) < 4.78 is 10.2. The Labute approximate surface area is 108 Å². The molecule has 0 aromatic heterocycles. The lowest BCUT2D eigenvalue weighted by atomic mass is 9.97. The van der Waals surface area contributed by atoms with E-state index in [2.05, 4.69) is 0 Å². The van der Waals surface area contributed by atoms with E-state index in [-0.39, 0.29) is 5.97 Å². The van der Waals surface area contributed by atoms with Crippen LogP contribution in [0.4, 0.5) is 0 Å². The molecule has 1 rings (SSSR count).